The van der Waals surface area contributed by atoms with Gasteiger partial charge in [0, 0.05) is 38.8 Å². The monoisotopic (exact) mass is 801 g/mol. The summed E-state index contributed by atoms with van der Waals surface area (Å²) in [5.74, 6) is 1.85. The minimum absolute atomic E-state index is 0.623. The number of hydrogen-bond acceptors (Lipinski definition) is 2. The van der Waals surface area contributed by atoms with Gasteiger partial charge in [-0.05, 0) is 90.8 Å². The number of hydrogen-bond donors (Lipinski definition) is 0. The molecule has 11 aromatic rings. The van der Waals surface area contributed by atoms with E-state index >= 15 is 0 Å². The Labute approximate surface area is 366 Å². The summed E-state index contributed by atoms with van der Waals surface area (Å²) in [6, 6.07) is 86.5. The largest absolute Gasteiger partial charge is 0.455 e. The van der Waals surface area contributed by atoms with Gasteiger partial charge < -0.3 is 9.64 Å². The van der Waals surface area contributed by atoms with Crippen molar-refractivity contribution in [3.05, 3.63) is 259 Å². The number of anilines is 3. The Hall–Kier alpha value is -8.20. The predicted molar refractivity (Wildman–Crippen MR) is 262 cm³/mol. The third kappa shape index (κ3) is 5.25. The highest BCUT2D eigenvalue weighted by Gasteiger charge is 2.52. The molecular formula is C61H39NO. The normalized spacial score (nSPS) is 13.0. The van der Waals surface area contributed by atoms with Crippen LogP contribution in [0.25, 0.3) is 65.7 Å². The Morgan fingerprint density at radius 1 is 0.317 bits per heavy atom. The van der Waals surface area contributed by atoms with Crippen LogP contribution in [0, 0.1) is 0 Å². The van der Waals surface area contributed by atoms with E-state index in [4.69, 9.17) is 4.74 Å². The average Bonchev–Trinajstić information content (AvgIpc) is 3.65. The highest BCUT2D eigenvalue weighted by Crippen LogP contribution is 2.65. The molecule has 11 aromatic carbocycles. The van der Waals surface area contributed by atoms with Crippen molar-refractivity contribution in [1.29, 1.82) is 0 Å². The molecule has 13 rings (SSSR count). The molecule has 0 aromatic heterocycles. The van der Waals surface area contributed by atoms with E-state index in [1.54, 1.807) is 0 Å². The van der Waals surface area contributed by atoms with Gasteiger partial charge in [0.2, 0.25) is 0 Å². The zero-order valence-corrected chi connectivity index (χ0v) is 34.4. The molecule has 0 radical (unpaired) electrons. The van der Waals surface area contributed by atoms with E-state index in [0.717, 1.165) is 55.7 Å². The summed E-state index contributed by atoms with van der Waals surface area (Å²) in [5.41, 5.74) is 14.8. The van der Waals surface area contributed by atoms with Crippen LogP contribution in [0.4, 0.5) is 17.1 Å². The van der Waals surface area contributed by atoms with Gasteiger partial charge in [-0.1, -0.05) is 206 Å². The van der Waals surface area contributed by atoms with Crippen molar-refractivity contribution < 1.29 is 4.74 Å². The second-order valence-electron chi connectivity index (χ2n) is 16.8. The lowest BCUT2D eigenvalue weighted by Crippen LogP contribution is -2.32. The van der Waals surface area contributed by atoms with Crippen LogP contribution in [-0.2, 0) is 5.41 Å². The molecule has 0 saturated carbocycles. The second kappa shape index (κ2) is 13.9. The Balaban J connectivity index is 1.07. The molecule has 0 bridgehead atoms. The summed E-state index contributed by atoms with van der Waals surface area (Å²) in [5, 5.41) is 6.98. The second-order valence-corrected chi connectivity index (χ2v) is 16.8. The molecule has 0 atom stereocenters. The maximum atomic E-state index is 7.22. The predicted octanol–water partition coefficient (Wildman–Crippen LogP) is 16.4. The Kier molecular flexibility index (Phi) is 7.85. The van der Waals surface area contributed by atoms with Crippen molar-refractivity contribution in [1.82, 2.24) is 0 Å². The molecule has 1 spiro atoms. The molecule has 294 valence electrons. The molecule has 0 amide bonds. The Bertz CT molecular complexity index is 3540. The van der Waals surface area contributed by atoms with Crippen molar-refractivity contribution in [2.75, 3.05) is 4.90 Å². The van der Waals surface area contributed by atoms with Gasteiger partial charge in [0.15, 0.2) is 0 Å². The lowest BCUT2D eigenvalue weighted by atomic mass is 9.65. The van der Waals surface area contributed by atoms with Crippen LogP contribution < -0.4 is 9.64 Å². The van der Waals surface area contributed by atoms with Gasteiger partial charge in [-0.25, -0.2) is 0 Å². The van der Waals surface area contributed by atoms with Gasteiger partial charge in [-0.3, -0.25) is 0 Å². The molecule has 0 fully saturated rings. The van der Waals surface area contributed by atoms with E-state index in [1.165, 1.54) is 60.8 Å². The first kappa shape index (κ1) is 35.5. The number of ether oxygens (including phenoxy) is 1. The van der Waals surface area contributed by atoms with E-state index in [1.807, 2.05) is 0 Å². The van der Waals surface area contributed by atoms with Crippen LogP contribution in [0.15, 0.2) is 237 Å². The van der Waals surface area contributed by atoms with E-state index in [9.17, 15) is 0 Å². The molecule has 0 saturated heterocycles. The molecule has 2 nitrogen and oxygen atoms in total. The van der Waals surface area contributed by atoms with Gasteiger partial charge in [-0.2, -0.15) is 0 Å². The first-order valence-electron chi connectivity index (χ1n) is 21.8. The SMILES string of the molecule is c1ccc(-c2ccccc2N(c2cccc(-c3cccc4c3-c3ccccc3C43c4ccc5ccccc5c4Oc4c3ccc3ccccc43)c2)c2ccc3ccccc3c2)cc1. The van der Waals surface area contributed by atoms with Crippen molar-refractivity contribution in [3.8, 4) is 44.9 Å². The number of nitrogens with zero attached hydrogens (tertiary/aromatic N) is 1. The lowest BCUT2D eigenvalue weighted by Gasteiger charge is -2.40. The zero-order chi connectivity index (χ0) is 41.5. The smallest absolute Gasteiger partial charge is 0.140 e. The first-order valence-corrected chi connectivity index (χ1v) is 21.8. The Morgan fingerprint density at radius 3 is 1.62 bits per heavy atom. The molecule has 2 heteroatoms. The number of fused-ring (bicyclic) bond motifs is 14. The quantitative estimate of drug-likeness (QED) is 0.172. The standard InChI is InChI=1S/C61H39NO/c1-2-17-41(18-3-1)48-24-11-13-31-57(48)62(47-35-32-40-16-4-5-21-44(40)38-47)46-23-14-22-45(39-46)49-28-15-30-54-58(49)52-27-10-12-29-53(52)61(54)55-36-33-42-19-6-8-25-50(42)59(55)63-60-51-26-9-7-20-43(51)34-37-56(60)61/h1-39H. The van der Waals surface area contributed by atoms with Crippen LogP contribution in [0.3, 0.4) is 0 Å². The number of rotatable bonds is 5. The van der Waals surface area contributed by atoms with E-state index < -0.39 is 5.41 Å². The fraction of sp³-hybridized carbons (Fsp3) is 0.0164. The summed E-state index contributed by atoms with van der Waals surface area (Å²) in [6.45, 7) is 0. The Morgan fingerprint density at radius 2 is 0.857 bits per heavy atom. The van der Waals surface area contributed by atoms with E-state index in [-0.39, 0.29) is 0 Å². The van der Waals surface area contributed by atoms with E-state index in [2.05, 4.69) is 241 Å². The molecule has 0 unspecified atom stereocenters. The van der Waals surface area contributed by atoms with Crippen molar-refractivity contribution in [3.63, 3.8) is 0 Å². The summed E-state index contributed by atoms with van der Waals surface area (Å²) in [6.07, 6.45) is 0. The lowest BCUT2D eigenvalue weighted by molar-refractivity contribution is 0.447. The molecule has 63 heavy (non-hydrogen) atoms. The van der Waals surface area contributed by atoms with E-state index in [0.29, 0.717) is 0 Å². The molecule has 1 heterocycles. The average molecular weight is 802 g/mol. The number of para-hydroxylation sites is 1. The van der Waals surface area contributed by atoms with Crippen LogP contribution in [0.2, 0.25) is 0 Å². The third-order valence-electron chi connectivity index (χ3n) is 13.5. The van der Waals surface area contributed by atoms with Crippen LogP contribution >= 0.6 is 0 Å². The zero-order valence-electron chi connectivity index (χ0n) is 34.4. The minimum atomic E-state index is -0.623. The molecule has 1 aliphatic heterocycles. The van der Waals surface area contributed by atoms with Crippen LogP contribution in [0.5, 0.6) is 11.5 Å². The van der Waals surface area contributed by atoms with Gasteiger partial charge in [0.25, 0.3) is 0 Å². The van der Waals surface area contributed by atoms with Crippen molar-refractivity contribution in [2.45, 2.75) is 5.41 Å². The maximum Gasteiger partial charge on any atom is 0.140 e. The first-order chi connectivity index (χ1) is 31.3. The molecular weight excluding hydrogens is 763 g/mol. The minimum Gasteiger partial charge on any atom is -0.455 e. The van der Waals surface area contributed by atoms with Crippen molar-refractivity contribution in [2.24, 2.45) is 0 Å². The summed E-state index contributed by atoms with van der Waals surface area (Å²) >= 11 is 0. The maximum absolute atomic E-state index is 7.22. The topological polar surface area (TPSA) is 12.5 Å². The third-order valence-corrected chi connectivity index (χ3v) is 13.5. The summed E-state index contributed by atoms with van der Waals surface area (Å²) in [7, 11) is 0. The van der Waals surface area contributed by atoms with Crippen molar-refractivity contribution >= 4 is 49.4 Å². The van der Waals surface area contributed by atoms with Gasteiger partial charge >= 0.3 is 0 Å². The molecule has 0 N–H and O–H groups in total. The number of benzene rings is 11. The highest BCUT2D eigenvalue weighted by molar-refractivity contribution is 6.03. The molecule has 2 aliphatic rings. The summed E-state index contributed by atoms with van der Waals surface area (Å²) in [4.78, 5) is 2.43. The summed E-state index contributed by atoms with van der Waals surface area (Å²) < 4.78 is 7.22. The van der Waals surface area contributed by atoms with Gasteiger partial charge in [-0.15, -0.1) is 0 Å². The van der Waals surface area contributed by atoms with Crippen LogP contribution in [0.1, 0.15) is 22.3 Å². The van der Waals surface area contributed by atoms with Gasteiger partial charge in [0.05, 0.1) is 11.1 Å². The fourth-order valence-corrected chi connectivity index (χ4v) is 10.8. The van der Waals surface area contributed by atoms with Gasteiger partial charge in [0.1, 0.15) is 11.5 Å². The van der Waals surface area contributed by atoms with Crippen LogP contribution in [-0.4, -0.2) is 0 Å². The highest BCUT2D eigenvalue weighted by atomic mass is 16.5. The fourth-order valence-electron chi connectivity index (χ4n) is 10.8. The molecule has 1 aliphatic carbocycles.